The fraction of sp³-hybridized carbons (Fsp3) is 0. The highest BCUT2D eigenvalue weighted by Gasteiger charge is 2.09. The number of nitrogens with one attached hydrogen (secondary N) is 1. The van der Waals surface area contributed by atoms with Crippen molar-refractivity contribution in [3.05, 3.63) is 59.3 Å². The summed E-state index contributed by atoms with van der Waals surface area (Å²) in [5.41, 5.74) is 2.37. The van der Waals surface area contributed by atoms with Gasteiger partial charge in [0.25, 0.3) is 0 Å². The molecule has 0 atom stereocenters. The Balaban J connectivity index is 1.98. The molecule has 0 unspecified atom stereocenters. The van der Waals surface area contributed by atoms with Crippen molar-refractivity contribution in [3.63, 3.8) is 0 Å². The predicted octanol–water partition coefficient (Wildman–Crippen LogP) is 5.86. The first-order valence-electron chi connectivity index (χ1n) is 6.11. The topological polar surface area (TPSA) is 12.0 Å². The molecule has 92 valence electrons. The van der Waals surface area contributed by atoms with Gasteiger partial charge < -0.3 is 5.32 Å². The van der Waals surface area contributed by atoms with Crippen molar-refractivity contribution in [2.45, 2.75) is 0 Å². The van der Waals surface area contributed by atoms with Crippen LogP contribution in [0.4, 0.5) is 11.4 Å². The maximum Gasteiger partial charge on any atom is 0.0653 e. The van der Waals surface area contributed by atoms with E-state index < -0.39 is 0 Å². The zero-order valence-electron chi connectivity index (χ0n) is 10.1. The van der Waals surface area contributed by atoms with Crippen molar-refractivity contribution in [3.8, 4) is 0 Å². The van der Waals surface area contributed by atoms with Gasteiger partial charge in [-0.2, -0.15) is 0 Å². The Morgan fingerprint density at radius 3 is 2.58 bits per heavy atom. The maximum atomic E-state index is 3.58. The predicted molar refractivity (Wildman–Crippen MR) is 86.9 cm³/mol. The summed E-state index contributed by atoms with van der Waals surface area (Å²) in [5.74, 6) is 0. The highest BCUT2D eigenvalue weighted by molar-refractivity contribution is 7.19. The second-order valence-corrected chi connectivity index (χ2v) is 6.28. The number of fused-ring (bicyclic) bond motifs is 2. The molecule has 0 aliphatic heterocycles. The van der Waals surface area contributed by atoms with E-state index >= 15 is 0 Å². The molecule has 0 aliphatic carbocycles. The molecule has 3 heteroatoms. The number of hydrogen-bond acceptors (Lipinski definition) is 3. The first-order chi connectivity index (χ1) is 9.42. The van der Waals surface area contributed by atoms with Gasteiger partial charge in [-0.15, -0.1) is 22.7 Å². The smallest absolute Gasteiger partial charge is 0.0653 e. The molecule has 0 radical (unpaired) electrons. The Labute approximate surface area is 119 Å². The minimum absolute atomic E-state index is 1.14. The third-order valence-corrected chi connectivity index (χ3v) is 5.03. The fourth-order valence-corrected chi connectivity index (χ4v) is 4.06. The zero-order valence-corrected chi connectivity index (χ0v) is 11.7. The van der Waals surface area contributed by atoms with Crippen LogP contribution in [0.25, 0.3) is 20.2 Å². The summed E-state index contributed by atoms with van der Waals surface area (Å²) in [4.78, 5) is 0. The molecular formula is C16H11NS2. The Bertz CT molecular complexity index is 794. The van der Waals surface area contributed by atoms with Gasteiger partial charge in [0.15, 0.2) is 0 Å². The summed E-state index contributed by atoms with van der Waals surface area (Å²) in [6.07, 6.45) is 0. The van der Waals surface area contributed by atoms with E-state index in [1.54, 1.807) is 22.7 Å². The Morgan fingerprint density at radius 2 is 1.68 bits per heavy atom. The number of hydrogen-bond donors (Lipinski definition) is 1. The van der Waals surface area contributed by atoms with E-state index in [2.05, 4.69) is 58.5 Å². The molecule has 1 nitrogen and oxygen atoms in total. The first-order valence-corrected chi connectivity index (χ1v) is 7.87. The summed E-state index contributed by atoms with van der Waals surface area (Å²) in [6, 6.07) is 17.0. The molecule has 4 rings (SSSR count). The lowest BCUT2D eigenvalue weighted by Gasteiger charge is -2.09. The van der Waals surface area contributed by atoms with Gasteiger partial charge in [0.2, 0.25) is 0 Å². The quantitative estimate of drug-likeness (QED) is 0.485. The molecular weight excluding hydrogens is 270 g/mol. The third kappa shape index (κ3) is 1.82. The largest absolute Gasteiger partial charge is 0.354 e. The van der Waals surface area contributed by atoms with Gasteiger partial charge in [0.1, 0.15) is 0 Å². The van der Waals surface area contributed by atoms with Crippen LogP contribution in [0, 0.1) is 0 Å². The van der Waals surface area contributed by atoms with Gasteiger partial charge in [-0.05, 0) is 46.5 Å². The maximum absolute atomic E-state index is 3.58. The minimum atomic E-state index is 1.14. The van der Waals surface area contributed by atoms with Gasteiger partial charge >= 0.3 is 0 Å². The van der Waals surface area contributed by atoms with Crippen LogP contribution in [0.15, 0.2) is 59.3 Å². The second-order valence-electron chi connectivity index (χ2n) is 4.41. The van der Waals surface area contributed by atoms with Crippen molar-refractivity contribution in [2.24, 2.45) is 0 Å². The first kappa shape index (κ1) is 11.0. The van der Waals surface area contributed by atoms with Gasteiger partial charge in [0, 0.05) is 15.8 Å². The van der Waals surface area contributed by atoms with E-state index in [1.165, 1.54) is 25.9 Å². The lowest BCUT2D eigenvalue weighted by atomic mass is 10.1. The van der Waals surface area contributed by atoms with E-state index in [0.717, 1.165) is 5.69 Å². The number of para-hydroxylation sites is 1. The normalized spacial score (nSPS) is 11.2. The molecule has 0 spiro atoms. The highest BCUT2D eigenvalue weighted by atomic mass is 32.1. The van der Waals surface area contributed by atoms with Gasteiger partial charge in [-0.25, -0.2) is 0 Å². The van der Waals surface area contributed by atoms with Crippen LogP contribution in [0.5, 0.6) is 0 Å². The van der Waals surface area contributed by atoms with Crippen molar-refractivity contribution in [2.75, 3.05) is 5.32 Å². The summed E-state index contributed by atoms with van der Waals surface area (Å²) in [5, 5.41) is 10.5. The van der Waals surface area contributed by atoms with E-state index in [4.69, 9.17) is 0 Å². The van der Waals surface area contributed by atoms with Crippen LogP contribution >= 0.6 is 22.7 Å². The molecule has 0 saturated carbocycles. The standard InChI is InChI=1S/C16H11NS2/c1-2-4-12(5-3-1)17-15-13-7-9-18-14(13)10-11-6-8-19-16(11)15/h1-10,17H. The highest BCUT2D eigenvalue weighted by Crippen LogP contribution is 2.39. The van der Waals surface area contributed by atoms with Crippen LogP contribution in [-0.2, 0) is 0 Å². The third-order valence-electron chi connectivity index (χ3n) is 3.22. The minimum Gasteiger partial charge on any atom is -0.354 e. The van der Waals surface area contributed by atoms with Gasteiger partial charge in [-0.3, -0.25) is 0 Å². The summed E-state index contributed by atoms with van der Waals surface area (Å²) >= 11 is 3.59. The molecule has 0 bridgehead atoms. The molecule has 0 saturated heterocycles. The van der Waals surface area contributed by atoms with E-state index in [1.807, 2.05) is 6.07 Å². The van der Waals surface area contributed by atoms with Gasteiger partial charge in [0.05, 0.1) is 10.4 Å². The second kappa shape index (κ2) is 4.37. The average molecular weight is 281 g/mol. The summed E-state index contributed by atoms with van der Waals surface area (Å²) in [7, 11) is 0. The SMILES string of the molecule is c1ccc(Nc2c3ccsc3cc3ccsc23)cc1. The van der Waals surface area contributed by atoms with Crippen molar-refractivity contribution >= 4 is 54.2 Å². The molecule has 2 heterocycles. The lowest BCUT2D eigenvalue weighted by Crippen LogP contribution is -1.90. The summed E-state index contributed by atoms with van der Waals surface area (Å²) in [6.45, 7) is 0. The zero-order chi connectivity index (χ0) is 12.7. The molecule has 2 aromatic heterocycles. The Kier molecular flexibility index (Phi) is 2.53. The molecule has 0 aliphatic rings. The van der Waals surface area contributed by atoms with Crippen LogP contribution in [0.3, 0.4) is 0 Å². The van der Waals surface area contributed by atoms with E-state index in [0.29, 0.717) is 0 Å². The molecule has 4 aromatic rings. The molecule has 0 fully saturated rings. The average Bonchev–Trinajstić information content (AvgIpc) is 3.08. The van der Waals surface area contributed by atoms with Crippen LogP contribution < -0.4 is 5.32 Å². The molecule has 2 aromatic carbocycles. The monoisotopic (exact) mass is 281 g/mol. The molecule has 0 amide bonds. The van der Waals surface area contributed by atoms with Crippen LogP contribution in [-0.4, -0.2) is 0 Å². The van der Waals surface area contributed by atoms with Gasteiger partial charge in [-0.1, -0.05) is 18.2 Å². The summed E-state index contributed by atoms with van der Waals surface area (Å²) < 4.78 is 2.67. The van der Waals surface area contributed by atoms with Crippen molar-refractivity contribution < 1.29 is 0 Å². The van der Waals surface area contributed by atoms with Crippen LogP contribution in [0.1, 0.15) is 0 Å². The lowest BCUT2D eigenvalue weighted by molar-refractivity contribution is 1.61. The van der Waals surface area contributed by atoms with Crippen molar-refractivity contribution in [1.29, 1.82) is 0 Å². The number of thiophene rings is 2. The van der Waals surface area contributed by atoms with E-state index in [9.17, 15) is 0 Å². The Hall–Kier alpha value is -1.84. The number of rotatable bonds is 2. The van der Waals surface area contributed by atoms with Crippen molar-refractivity contribution in [1.82, 2.24) is 0 Å². The fourth-order valence-electron chi connectivity index (χ4n) is 2.33. The Morgan fingerprint density at radius 1 is 0.842 bits per heavy atom. The number of anilines is 2. The van der Waals surface area contributed by atoms with E-state index in [-0.39, 0.29) is 0 Å². The van der Waals surface area contributed by atoms with Crippen LogP contribution in [0.2, 0.25) is 0 Å². The number of benzene rings is 2. The molecule has 1 N–H and O–H groups in total. The molecule has 19 heavy (non-hydrogen) atoms.